The van der Waals surface area contributed by atoms with Gasteiger partial charge in [-0.25, -0.2) is 0 Å². The Balaban J connectivity index is 2.03. The molecule has 0 amide bonds. The lowest BCUT2D eigenvalue weighted by molar-refractivity contribution is -0.138. The van der Waals surface area contributed by atoms with Gasteiger partial charge in [-0.3, -0.25) is 0 Å². The first kappa shape index (κ1) is 11.8. The molecule has 1 heterocycles. The predicted molar refractivity (Wildman–Crippen MR) is 60.7 cm³/mol. The quantitative estimate of drug-likeness (QED) is 0.879. The van der Waals surface area contributed by atoms with Crippen molar-refractivity contribution in [3.63, 3.8) is 0 Å². The van der Waals surface area contributed by atoms with Crippen LogP contribution in [0.1, 0.15) is 17.5 Å². The van der Waals surface area contributed by atoms with Gasteiger partial charge in [0.2, 0.25) is 0 Å². The topological polar surface area (TPSA) is 21.3 Å². The highest BCUT2D eigenvalue weighted by Crippen LogP contribution is 2.57. The molecule has 1 aromatic carbocycles. The minimum Gasteiger partial charge on any atom is -0.496 e. The Morgan fingerprint density at radius 1 is 1.39 bits per heavy atom. The van der Waals surface area contributed by atoms with Crippen LogP contribution in [0.15, 0.2) is 18.2 Å². The summed E-state index contributed by atoms with van der Waals surface area (Å²) < 4.78 is 43.6. The van der Waals surface area contributed by atoms with E-state index in [-0.39, 0.29) is 11.2 Å². The molecule has 5 heteroatoms. The number of halogens is 3. The van der Waals surface area contributed by atoms with Gasteiger partial charge in [0.05, 0.1) is 12.7 Å². The first-order valence-electron chi connectivity index (χ1n) is 5.94. The van der Waals surface area contributed by atoms with Gasteiger partial charge >= 0.3 is 6.18 Å². The van der Waals surface area contributed by atoms with E-state index in [4.69, 9.17) is 4.74 Å². The number of fused-ring (bicyclic) bond motifs is 1. The fourth-order valence-electron chi connectivity index (χ4n) is 3.03. The van der Waals surface area contributed by atoms with E-state index in [1.807, 2.05) is 0 Å². The molecule has 2 fully saturated rings. The van der Waals surface area contributed by atoms with E-state index in [9.17, 15) is 13.2 Å². The van der Waals surface area contributed by atoms with Gasteiger partial charge in [-0.1, -0.05) is 6.07 Å². The zero-order valence-corrected chi connectivity index (χ0v) is 9.97. The monoisotopic (exact) mass is 257 g/mol. The molecule has 98 valence electrons. The van der Waals surface area contributed by atoms with Crippen molar-refractivity contribution in [1.29, 1.82) is 0 Å². The van der Waals surface area contributed by atoms with Gasteiger partial charge in [0.1, 0.15) is 5.75 Å². The van der Waals surface area contributed by atoms with Gasteiger partial charge in [0.15, 0.2) is 0 Å². The van der Waals surface area contributed by atoms with Crippen LogP contribution >= 0.6 is 0 Å². The lowest BCUT2D eigenvalue weighted by atomic mass is 9.93. The largest absolute Gasteiger partial charge is 0.496 e. The second-order valence-corrected chi connectivity index (χ2v) is 5.10. The van der Waals surface area contributed by atoms with Crippen molar-refractivity contribution in [3.8, 4) is 5.75 Å². The number of hydrogen-bond acceptors (Lipinski definition) is 2. The highest BCUT2D eigenvalue weighted by Gasteiger charge is 2.58. The first-order valence-corrected chi connectivity index (χ1v) is 5.94. The summed E-state index contributed by atoms with van der Waals surface area (Å²) in [5, 5.41) is 3.24. The summed E-state index contributed by atoms with van der Waals surface area (Å²) in [5.41, 5.74) is 0.0479. The second kappa shape index (κ2) is 3.63. The van der Waals surface area contributed by atoms with Crippen molar-refractivity contribution in [2.75, 3.05) is 20.2 Å². The van der Waals surface area contributed by atoms with Gasteiger partial charge in [0, 0.05) is 12.0 Å². The van der Waals surface area contributed by atoms with Crippen LogP contribution in [0, 0.1) is 5.92 Å². The average molecular weight is 257 g/mol. The van der Waals surface area contributed by atoms with Gasteiger partial charge in [-0.05, 0) is 36.6 Å². The predicted octanol–water partition coefficient (Wildman–Crippen LogP) is 2.57. The molecule has 1 aromatic rings. The van der Waals surface area contributed by atoms with E-state index >= 15 is 0 Å². The van der Waals surface area contributed by atoms with Gasteiger partial charge in [-0.2, -0.15) is 13.2 Å². The lowest BCUT2D eigenvalue weighted by Crippen LogP contribution is -2.20. The highest BCUT2D eigenvalue weighted by atomic mass is 19.4. The van der Waals surface area contributed by atoms with E-state index in [1.165, 1.54) is 19.2 Å². The van der Waals surface area contributed by atoms with Crippen molar-refractivity contribution in [1.82, 2.24) is 5.32 Å². The number of nitrogens with one attached hydrogen (secondary N) is 1. The maximum atomic E-state index is 12.9. The smallest absolute Gasteiger partial charge is 0.419 e. The zero-order chi connectivity index (χ0) is 13.0. The molecule has 0 radical (unpaired) electrons. The van der Waals surface area contributed by atoms with Crippen LogP contribution < -0.4 is 10.1 Å². The van der Waals surface area contributed by atoms with E-state index in [2.05, 4.69) is 5.32 Å². The third-order valence-electron chi connectivity index (χ3n) is 4.14. The number of piperidine rings is 1. The van der Waals surface area contributed by atoms with Crippen molar-refractivity contribution in [2.45, 2.75) is 18.0 Å². The van der Waals surface area contributed by atoms with Crippen LogP contribution in [0.4, 0.5) is 13.2 Å². The third-order valence-corrected chi connectivity index (χ3v) is 4.14. The van der Waals surface area contributed by atoms with E-state index in [1.54, 1.807) is 6.07 Å². The maximum Gasteiger partial charge on any atom is 0.419 e. The van der Waals surface area contributed by atoms with Crippen molar-refractivity contribution < 1.29 is 17.9 Å². The molecule has 2 aliphatic rings. The van der Waals surface area contributed by atoms with E-state index < -0.39 is 11.7 Å². The molecule has 1 aliphatic heterocycles. The maximum absolute atomic E-state index is 12.9. The number of ether oxygens (including phenoxy) is 1. The van der Waals surface area contributed by atoms with E-state index in [0.29, 0.717) is 5.92 Å². The second-order valence-electron chi connectivity index (χ2n) is 5.10. The molecule has 0 bridgehead atoms. The molecule has 3 rings (SSSR count). The standard InChI is InChI=1S/C13H14F3NO/c1-18-11-3-2-8(4-10(11)13(14,15)16)12-5-9(12)6-17-7-12/h2-4,9,17H,5-7H2,1H3/t9-,12?/m1/s1. The fourth-order valence-corrected chi connectivity index (χ4v) is 3.03. The van der Waals surface area contributed by atoms with Crippen molar-refractivity contribution in [2.24, 2.45) is 5.92 Å². The minimum absolute atomic E-state index is 0.0632. The summed E-state index contributed by atoms with van der Waals surface area (Å²) in [6.07, 6.45) is -3.38. The van der Waals surface area contributed by atoms with Crippen LogP contribution in [0.3, 0.4) is 0 Å². The molecule has 1 unspecified atom stereocenters. The summed E-state index contributed by atoms with van der Waals surface area (Å²) in [4.78, 5) is 0. The molecule has 0 spiro atoms. The van der Waals surface area contributed by atoms with Crippen LogP contribution in [0.25, 0.3) is 0 Å². The molecule has 0 aromatic heterocycles. The minimum atomic E-state index is -4.37. The van der Waals surface area contributed by atoms with Gasteiger partial charge in [-0.15, -0.1) is 0 Å². The van der Waals surface area contributed by atoms with Crippen LogP contribution in [0.5, 0.6) is 5.75 Å². The molecule has 2 atom stereocenters. The summed E-state index contributed by atoms with van der Waals surface area (Å²) in [7, 11) is 1.26. The Morgan fingerprint density at radius 2 is 2.17 bits per heavy atom. The average Bonchev–Trinajstić information content (AvgIpc) is 2.90. The summed E-state index contributed by atoms with van der Waals surface area (Å²) in [6, 6.07) is 4.45. The molecule has 2 nitrogen and oxygen atoms in total. The molecule has 1 N–H and O–H groups in total. The molecule has 1 saturated heterocycles. The Morgan fingerprint density at radius 3 is 2.67 bits per heavy atom. The SMILES string of the molecule is COc1ccc(C23CNC[C@H]2C3)cc1C(F)(F)F. The number of alkyl halides is 3. The Kier molecular flexibility index (Phi) is 2.39. The van der Waals surface area contributed by atoms with Crippen molar-refractivity contribution >= 4 is 0 Å². The molecule has 1 aliphatic carbocycles. The summed E-state index contributed by atoms with van der Waals surface area (Å²) >= 11 is 0. The normalized spacial score (nSPS) is 30.1. The highest BCUT2D eigenvalue weighted by molar-refractivity contribution is 5.46. The first-order chi connectivity index (χ1) is 8.47. The zero-order valence-electron chi connectivity index (χ0n) is 9.97. The van der Waals surface area contributed by atoms with E-state index in [0.717, 1.165) is 25.1 Å². The van der Waals surface area contributed by atoms with Crippen LogP contribution in [-0.2, 0) is 11.6 Å². The molecular formula is C13H14F3NO. The number of methoxy groups -OCH3 is 1. The number of rotatable bonds is 2. The number of hydrogen-bond donors (Lipinski definition) is 1. The Bertz CT molecular complexity index is 486. The summed E-state index contributed by atoms with van der Waals surface area (Å²) in [5.74, 6) is 0.387. The van der Waals surface area contributed by atoms with Crippen LogP contribution in [-0.4, -0.2) is 20.2 Å². The molecule has 18 heavy (non-hydrogen) atoms. The number of benzene rings is 1. The van der Waals surface area contributed by atoms with Gasteiger partial charge in [0.25, 0.3) is 0 Å². The van der Waals surface area contributed by atoms with Crippen LogP contribution in [0.2, 0.25) is 0 Å². The Hall–Kier alpha value is -1.23. The fraction of sp³-hybridized carbons (Fsp3) is 0.538. The lowest BCUT2D eigenvalue weighted by Gasteiger charge is -2.17. The third kappa shape index (κ3) is 1.61. The van der Waals surface area contributed by atoms with Crippen molar-refractivity contribution in [3.05, 3.63) is 29.3 Å². The molecular weight excluding hydrogens is 243 g/mol. The molecule has 1 saturated carbocycles. The summed E-state index contributed by atoms with van der Waals surface area (Å²) in [6.45, 7) is 1.69. The Labute approximate surface area is 103 Å². The van der Waals surface area contributed by atoms with Gasteiger partial charge < -0.3 is 10.1 Å².